The fourth-order valence-corrected chi connectivity index (χ4v) is 2.26. The molecule has 1 unspecified atom stereocenters. The van der Waals surface area contributed by atoms with Crippen LogP contribution < -0.4 is 10.1 Å². The Morgan fingerprint density at radius 1 is 1.15 bits per heavy atom. The molecule has 0 heterocycles. The Labute approximate surface area is 123 Å². The van der Waals surface area contributed by atoms with Crippen molar-refractivity contribution in [2.24, 2.45) is 5.41 Å². The SMILES string of the molecule is CCCNC(c1ccccc1OCCOC)C(C)(C)C. The highest BCUT2D eigenvalue weighted by atomic mass is 16.5. The molecular formula is C17H29NO2. The van der Waals surface area contributed by atoms with E-state index in [1.165, 1.54) is 5.56 Å². The van der Waals surface area contributed by atoms with E-state index >= 15 is 0 Å². The Hall–Kier alpha value is -1.06. The molecule has 114 valence electrons. The number of methoxy groups -OCH3 is 1. The zero-order valence-electron chi connectivity index (χ0n) is 13.5. The lowest BCUT2D eigenvalue weighted by atomic mass is 9.82. The molecule has 1 atom stereocenters. The van der Waals surface area contributed by atoms with E-state index in [2.05, 4.69) is 45.1 Å². The van der Waals surface area contributed by atoms with Crippen molar-refractivity contribution in [1.29, 1.82) is 0 Å². The van der Waals surface area contributed by atoms with Crippen LogP contribution in [0, 0.1) is 5.41 Å². The van der Waals surface area contributed by atoms with Gasteiger partial charge < -0.3 is 14.8 Å². The van der Waals surface area contributed by atoms with Crippen LogP contribution >= 0.6 is 0 Å². The lowest BCUT2D eigenvalue weighted by Crippen LogP contribution is -2.33. The van der Waals surface area contributed by atoms with Crippen molar-refractivity contribution in [3.05, 3.63) is 29.8 Å². The summed E-state index contributed by atoms with van der Waals surface area (Å²) in [4.78, 5) is 0. The molecule has 3 nitrogen and oxygen atoms in total. The molecule has 0 amide bonds. The number of benzene rings is 1. The number of para-hydroxylation sites is 1. The molecule has 3 heteroatoms. The van der Waals surface area contributed by atoms with Crippen molar-refractivity contribution < 1.29 is 9.47 Å². The Bertz CT molecular complexity index is 385. The summed E-state index contributed by atoms with van der Waals surface area (Å²) in [7, 11) is 1.69. The maximum absolute atomic E-state index is 5.87. The molecule has 0 saturated heterocycles. The highest BCUT2D eigenvalue weighted by molar-refractivity contribution is 5.37. The maximum Gasteiger partial charge on any atom is 0.124 e. The Kier molecular flexibility index (Phi) is 7.03. The number of nitrogens with one attached hydrogen (secondary N) is 1. The first-order valence-corrected chi connectivity index (χ1v) is 7.44. The summed E-state index contributed by atoms with van der Waals surface area (Å²) in [5, 5.41) is 3.65. The summed E-state index contributed by atoms with van der Waals surface area (Å²) < 4.78 is 10.9. The molecule has 20 heavy (non-hydrogen) atoms. The molecule has 0 bridgehead atoms. The van der Waals surface area contributed by atoms with E-state index in [9.17, 15) is 0 Å². The monoisotopic (exact) mass is 279 g/mol. The quantitative estimate of drug-likeness (QED) is 0.734. The first-order valence-electron chi connectivity index (χ1n) is 7.44. The second kappa shape index (κ2) is 8.28. The van der Waals surface area contributed by atoms with E-state index in [1.54, 1.807) is 7.11 Å². The summed E-state index contributed by atoms with van der Waals surface area (Å²) in [6, 6.07) is 8.56. The third-order valence-corrected chi connectivity index (χ3v) is 3.24. The van der Waals surface area contributed by atoms with Gasteiger partial charge in [-0.15, -0.1) is 0 Å². The molecule has 1 rings (SSSR count). The van der Waals surface area contributed by atoms with Gasteiger partial charge in [0.1, 0.15) is 12.4 Å². The molecule has 1 N–H and O–H groups in total. The zero-order chi connectivity index (χ0) is 15.0. The van der Waals surface area contributed by atoms with Crippen LogP contribution in [0.15, 0.2) is 24.3 Å². The first-order chi connectivity index (χ1) is 9.50. The average Bonchev–Trinajstić information content (AvgIpc) is 2.39. The van der Waals surface area contributed by atoms with Crippen LogP contribution in [0.4, 0.5) is 0 Å². The molecule has 0 spiro atoms. The number of hydrogen-bond donors (Lipinski definition) is 1. The van der Waals surface area contributed by atoms with Gasteiger partial charge in [0, 0.05) is 18.7 Å². The van der Waals surface area contributed by atoms with Crippen molar-refractivity contribution in [1.82, 2.24) is 5.32 Å². The fraction of sp³-hybridized carbons (Fsp3) is 0.647. The van der Waals surface area contributed by atoms with Gasteiger partial charge in [0.15, 0.2) is 0 Å². The smallest absolute Gasteiger partial charge is 0.124 e. The average molecular weight is 279 g/mol. The topological polar surface area (TPSA) is 30.5 Å². The summed E-state index contributed by atoms with van der Waals surface area (Å²) in [6.07, 6.45) is 1.12. The third-order valence-electron chi connectivity index (χ3n) is 3.24. The van der Waals surface area contributed by atoms with Gasteiger partial charge in [0.05, 0.1) is 6.61 Å². The standard InChI is InChI=1S/C17H29NO2/c1-6-11-18-16(17(2,3)4)14-9-7-8-10-15(14)20-13-12-19-5/h7-10,16,18H,6,11-13H2,1-5H3. The van der Waals surface area contributed by atoms with Gasteiger partial charge in [0.25, 0.3) is 0 Å². The maximum atomic E-state index is 5.87. The lowest BCUT2D eigenvalue weighted by molar-refractivity contribution is 0.144. The second-order valence-corrected chi connectivity index (χ2v) is 6.13. The van der Waals surface area contributed by atoms with Gasteiger partial charge in [-0.2, -0.15) is 0 Å². The van der Waals surface area contributed by atoms with Gasteiger partial charge in [0.2, 0.25) is 0 Å². The summed E-state index contributed by atoms with van der Waals surface area (Å²) >= 11 is 0. The van der Waals surface area contributed by atoms with Crippen LogP contribution in [-0.2, 0) is 4.74 Å². The van der Waals surface area contributed by atoms with Gasteiger partial charge in [-0.05, 0) is 24.4 Å². The van der Waals surface area contributed by atoms with Crippen LogP contribution in [0.2, 0.25) is 0 Å². The van der Waals surface area contributed by atoms with E-state index in [0.717, 1.165) is 18.7 Å². The minimum Gasteiger partial charge on any atom is -0.491 e. The molecule has 0 aromatic heterocycles. The molecule has 1 aromatic rings. The minimum atomic E-state index is 0.135. The number of ether oxygens (including phenoxy) is 2. The predicted octanol–water partition coefficient (Wildman–Crippen LogP) is 3.80. The van der Waals surface area contributed by atoms with E-state index < -0.39 is 0 Å². The Morgan fingerprint density at radius 2 is 1.85 bits per heavy atom. The van der Waals surface area contributed by atoms with Crippen molar-refractivity contribution in [3.63, 3.8) is 0 Å². The summed E-state index contributed by atoms with van der Waals surface area (Å²) in [6.45, 7) is 11.2. The molecule has 0 fully saturated rings. The van der Waals surface area contributed by atoms with Crippen molar-refractivity contribution in [3.8, 4) is 5.75 Å². The van der Waals surface area contributed by atoms with E-state index in [4.69, 9.17) is 9.47 Å². The summed E-state index contributed by atoms with van der Waals surface area (Å²) in [5.41, 5.74) is 1.36. The van der Waals surface area contributed by atoms with Crippen molar-refractivity contribution in [2.45, 2.75) is 40.2 Å². The van der Waals surface area contributed by atoms with Gasteiger partial charge in [-0.25, -0.2) is 0 Å². The number of hydrogen-bond acceptors (Lipinski definition) is 3. The van der Waals surface area contributed by atoms with Crippen LogP contribution in [0.5, 0.6) is 5.75 Å². The summed E-state index contributed by atoms with van der Waals surface area (Å²) in [5.74, 6) is 0.952. The lowest BCUT2D eigenvalue weighted by Gasteiger charge is -2.33. The molecule has 0 radical (unpaired) electrons. The van der Waals surface area contributed by atoms with E-state index in [0.29, 0.717) is 13.2 Å². The fourth-order valence-electron chi connectivity index (χ4n) is 2.26. The Morgan fingerprint density at radius 3 is 2.45 bits per heavy atom. The minimum absolute atomic E-state index is 0.135. The largest absolute Gasteiger partial charge is 0.491 e. The van der Waals surface area contributed by atoms with Gasteiger partial charge >= 0.3 is 0 Å². The zero-order valence-corrected chi connectivity index (χ0v) is 13.5. The highest BCUT2D eigenvalue weighted by Crippen LogP contribution is 2.37. The molecular weight excluding hydrogens is 250 g/mol. The van der Waals surface area contributed by atoms with Crippen molar-refractivity contribution in [2.75, 3.05) is 26.9 Å². The normalized spacial score (nSPS) is 13.2. The Balaban J connectivity index is 2.94. The van der Waals surface area contributed by atoms with Gasteiger partial charge in [-0.3, -0.25) is 0 Å². The van der Waals surface area contributed by atoms with Crippen LogP contribution in [0.1, 0.15) is 45.7 Å². The molecule has 1 aromatic carbocycles. The predicted molar refractivity (Wildman–Crippen MR) is 84.3 cm³/mol. The molecule has 0 aliphatic heterocycles. The van der Waals surface area contributed by atoms with Gasteiger partial charge in [-0.1, -0.05) is 45.9 Å². The van der Waals surface area contributed by atoms with Crippen LogP contribution in [0.25, 0.3) is 0 Å². The van der Waals surface area contributed by atoms with Crippen molar-refractivity contribution >= 4 is 0 Å². The molecule has 0 saturated carbocycles. The number of rotatable bonds is 8. The molecule has 0 aliphatic carbocycles. The third kappa shape index (κ3) is 5.14. The second-order valence-electron chi connectivity index (χ2n) is 6.13. The highest BCUT2D eigenvalue weighted by Gasteiger charge is 2.27. The van der Waals surface area contributed by atoms with Crippen LogP contribution in [-0.4, -0.2) is 26.9 Å². The van der Waals surface area contributed by atoms with E-state index in [1.807, 2.05) is 12.1 Å². The van der Waals surface area contributed by atoms with E-state index in [-0.39, 0.29) is 11.5 Å². The first kappa shape index (κ1) is 17.0. The molecule has 0 aliphatic rings. The van der Waals surface area contributed by atoms with Crippen LogP contribution in [0.3, 0.4) is 0 Å².